The number of Topliss-reactive ketones (excluding diaryl/α,β-unsaturated/α-hetero) is 1. The first kappa shape index (κ1) is 11.6. The summed E-state index contributed by atoms with van der Waals surface area (Å²) in [5.41, 5.74) is 3.99. The summed E-state index contributed by atoms with van der Waals surface area (Å²) in [6, 6.07) is 0. The lowest BCUT2D eigenvalue weighted by atomic mass is 9.73. The van der Waals surface area contributed by atoms with Gasteiger partial charge in [-0.05, 0) is 50.5 Å². The van der Waals surface area contributed by atoms with E-state index >= 15 is 0 Å². The van der Waals surface area contributed by atoms with Crippen LogP contribution in [-0.2, 0) is 4.79 Å². The number of hydrogen-bond acceptors (Lipinski definition) is 1. The van der Waals surface area contributed by atoms with Crippen molar-refractivity contribution in [3.8, 4) is 0 Å². The highest BCUT2D eigenvalue weighted by atomic mass is 16.1. The molecule has 0 bridgehead atoms. The highest BCUT2D eigenvalue weighted by molar-refractivity contribution is 5.97. The van der Waals surface area contributed by atoms with Crippen LogP contribution in [0, 0.1) is 11.8 Å². The Balaban J connectivity index is 2.24. The van der Waals surface area contributed by atoms with Gasteiger partial charge in [-0.3, -0.25) is 4.79 Å². The van der Waals surface area contributed by atoms with Crippen molar-refractivity contribution < 1.29 is 4.79 Å². The van der Waals surface area contributed by atoms with E-state index in [-0.39, 0.29) is 0 Å². The van der Waals surface area contributed by atoms with Crippen LogP contribution >= 0.6 is 0 Å². The summed E-state index contributed by atoms with van der Waals surface area (Å²) in [5.74, 6) is 1.58. The number of carbonyl (C=O) groups is 1. The molecule has 0 aromatic heterocycles. The maximum atomic E-state index is 12.0. The van der Waals surface area contributed by atoms with Crippen molar-refractivity contribution in [2.75, 3.05) is 0 Å². The molecule has 0 aromatic carbocycles. The van der Waals surface area contributed by atoms with Crippen molar-refractivity contribution >= 4 is 5.78 Å². The van der Waals surface area contributed by atoms with Crippen molar-refractivity contribution in [2.24, 2.45) is 11.8 Å². The zero-order valence-electron chi connectivity index (χ0n) is 10.7. The summed E-state index contributed by atoms with van der Waals surface area (Å²) in [7, 11) is 0. The molecule has 0 saturated carbocycles. The third-order valence-corrected chi connectivity index (χ3v) is 4.32. The molecule has 2 rings (SSSR count). The first-order valence-corrected chi connectivity index (χ1v) is 6.54. The smallest absolute Gasteiger partial charge is 0.159 e. The van der Waals surface area contributed by atoms with Gasteiger partial charge in [0, 0.05) is 6.42 Å². The molecule has 0 heterocycles. The molecule has 0 fully saturated rings. The SMILES string of the molecule is CCCCC1=C(C)C(=O)C[C@H]2C(C)=CC[C@@H]12. The average Bonchev–Trinajstić information content (AvgIpc) is 2.61. The summed E-state index contributed by atoms with van der Waals surface area (Å²) in [4.78, 5) is 12.0. The maximum Gasteiger partial charge on any atom is 0.159 e. The van der Waals surface area contributed by atoms with Crippen molar-refractivity contribution in [1.82, 2.24) is 0 Å². The minimum atomic E-state index is 0.391. The van der Waals surface area contributed by atoms with Gasteiger partial charge in [-0.25, -0.2) is 0 Å². The number of ketones is 1. The van der Waals surface area contributed by atoms with Crippen LogP contribution in [0.5, 0.6) is 0 Å². The third kappa shape index (κ3) is 1.88. The van der Waals surface area contributed by atoms with Gasteiger partial charge >= 0.3 is 0 Å². The van der Waals surface area contributed by atoms with Crippen LogP contribution in [0.25, 0.3) is 0 Å². The van der Waals surface area contributed by atoms with Crippen LogP contribution in [0.2, 0.25) is 0 Å². The molecule has 2 aliphatic carbocycles. The Kier molecular flexibility index (Phi) is 3.32. The maximum absolute atomic E-state index is 12.0. The summed E-state index contributed by atoms with van der Waals surface area (Å²) in [6.07, 6.45) is 7.84. The normalized spacial score (nSPS) is 29.4. The zero-order valence-corrected chi connectivity index (χ0v) is 10.7. The van der Waals surface area contributed by atoms with E-state index in [4.69, 9.17) is 0 Å². The van der Waals surface area contributed by atoms with E-state index in [0.717, 1.165) is 18.4 Å². The Morgan fingerprint density at radius 1 is 1.31 bits per heavy atom. The van der Waals surface area contributed by atoms with Crippen LogP contribution in [0.1, 0.15) is 52.9 Å². The summed E-state index contributed by atoms with van der Waals surface area (Å²) in [5, 5.41) is 0. The summed E-state index contributed by atoms with van der Waals surface area (Å²) < 4.78 is 0. The number of allylic oxidation sites excluding steroid dienone is 4. The van der Waals surface area contributed by atoms with Gasteiger partial charge < -0.3 is 0 Å². The van der Waals surface area contributed by atoms with Crippen LogP contribution in [0.4, 0.5) is 0 Å². The molecule has 0 radical (unpaired) electrons. The van der Waals surface area contributed by atoms with Crippen molar-refractivity contribution in [1.29, 1.82) is 0 Å². The molecule has 0 saturated heterocycles. The van der Waals surface area contributed by atoms with Gasteiger partial charge in [-0.15, -0.1) is 0 Å². The fourth-order valence-electron chi connectivity index (χ4n) is 3.18. The van der Waals surface area contributed by atoms with E-state index < -0.39 is 0 Å². The molecule has 1 nitrogen and oxygen atoms in total. The second kappa shape index (κ2) is 4.57. The third-order valence-electron chi connectivity index (χ3n) is 4.32. The largest absolute Gasteiger partial charge is 0.295 e. The quantitative estimate of drug-likeness (QED) is 0.653. The van der Waals surface area contributed by atoms with Crippen LogP contribution in [0.3, 0.4) is 0 Å². The van der Waals surface area contributed by atoms with E-state index in [1.807, 2.05) is 6.92 Å². The van der Waals surface area contributed by atoms with E-state index in [1.165, 1.54) is 30.4 Å². The lowest BCUT2D eigenvalue weighted by Crippen LogP contribution is -2.25. The molecule has 0 aliphatic heterocycles. The van der Waals surface area contributed by atoms with Gasteiger partial charge in [0.2, 0.25) is 0 Å². The van der Waals surface area contributed by atoms with Crippen LogP contribution < -0.4 is 0 Å². The van der Waals surface area contributed by atoms with E-state index in [9.17, 15) is 4.79 Å². The van der Waals surface area contributed by atoms with E-state index in [1.54, 1.807) is 0 Å². The van der Waals surface area contributed by atoms with Crippen molar-refractivity contribution in [2.45, 2.75) is 52.9 Å². The number of fused-ring (bicyclic) bond motifs is 1. The highest BCUT2D eigenvalue weighted by Crippen LogP contribution is 2.45. The molecule has 0 N–H and O–H groups in total. The van der Waals surface area contributed by atoms with E-state index in [2.05, 4.69) is 19.9 Å². The lowest BCUT2D eigenvalue weighted by Gasteiger charge is -2.30. The predicted octanol–water partition coefficient (Wildman–Crippen LogP) is 4.05. The minimum Gasteiger partial charge on any atom is -0.295 e. The average molecular weight is 218 g/mol. The first-order chi connectivity index (χ1) is 7.65. The molecular formula is C15H22O. The molecule has 1 heteroatoms. The summed E-state index contributed by atoms with van der Waals surface area (Å²) >= 11 is 0. The molecule has 0 spiro atoms. The Hall–Kier alpha value is -0.850. The van der Waals surface area contributed by atoms with Gasteiger partial charge in [-0.1, -0.05) is 30.6 Å². The molecule has 2 atom stereocenters. The molecular weight excluding hydrogens is 196 g/mol. The lowest BCUT2D eigenvalue weighted by molar-refractivity contribution is -0.117. The van der Waals surface area contributed by atoms with Crippen molar-refractivity contribution in [3.63, 3.8) is 0 Å². The molecule has 0 amide bonds. The molecule has 88 valence electrons. The Morgan fingerprint density at radius 2 is 2.06 bits per heavy atom. The van der Waals surface area contributed by atoms with Crippen LogP contribution in [-0.4, -0.2) is 5.78 Å². The van der Waals surface area contributed by atoms with Gasteiger partial charge in [0.1, 0.15) is 0 Å². The van der Waals surface area contributed by atoms with Gasteiger partial charge in [0.25, 0.3) is 0 Å². The Labute approximate surface area is 98.6 Å². The molecule has 16 heavy (non-hydrogen) atoms. The number of carbonyl (C=O) groups excluding carboxylic acids is 1. The molecule has 2 aliphatic rings. The second-order valence-corrected chi connectivity index (χ2v) is 5.28. The van der Waals surface area contributed by atoms with E-state index in [0.29, 0.717) is 17.6 Å². The Bertz CT molecular complexity index is 360. The number of unbranched alkanes of at least 4 members (excludes halogenated alkanes) is 1. The highest BCUT2D eigenvalue weighted by Gasteiger charge is 2.36. The topological polar surface area (TPSA) is 17.1 Å². The monoisotopic (exact) mass is 218 g/mol. The fourth-order valence-corrected chi connectivity index (χ4v) is 3.18. The minimum absolute atomic E-state index is 0.391. The predicted molar refractivity (Wildman–Crippen MR) is 67.2 cm³/mol. The molecule has 0 aromatic rings. The first-order valence-electron chi connectivity index (χ1n) is 6.54. The van der Waals surface area contributed by atoms with Gasteiger partial charge in [-0.2, -0.15) is 0 Å². The van der Waals surface area contributed by atoms with Gasteiger partial charge in [0.05, 0.1) is 0 Å². The number of hydrogen-bond donors (Lipinski definition) is 0. The Morgan fingerprint density at radius 3 is 2.75 bits per heavy atom. The second-order valence-electron chi connectivity index (χ2n) is 5.28. The van der Waals surface area contributed by atoms with Gasteiger partial charge in [0.15, 0.2) is 5.78 Å². The summed E-state index contributed by atoms with van der Waals surface area (Å²) in [6.45, 7) is 6.45. The van der Waals surface area contributed by atoms with Crippen LogP contribution in [0.15, 0.2) is 22.8 Å². The fraction of sp³-hybridized carbons (Fsp3) is 0.667. The standard InChI is InChI=1S/C15H22O/c1-4-5-6-12-11(3)15(16)9-14-10(2)7-8-13(12)14/h7,13-14H,4-6,8-9H2,1-3H3/t13-,14-/m0/s1. The van der Waals surface area contributed by atoms with Crippen molar-refractivity contribution in [3.05, 3.63) is 22.8 Å². The zero-order chi connectivity index (χ0) is 11.7. The number of rotatable bonds is 3. The molecule has 0 unspecified atom stereocenters.